The Hall–Kier alpha value is -0.470. The maximum atomic E-state index is 3.66. The first-order valence-electron chi connectivity index (χ1n) is 6.78. The second-order valence-electron chi connectivity index (χ2n) is 5.47. The Morgan fingerprint density at radius 3 is 2.59 bits per heavy atom. The summed E-state index contributed by atoms with van der Waals surface area (Å²) in [4.78, 5) is 1.39. The Bertz CT molecular complexity index is 354. The molecule has 3 rings (SSSR count). The van der Waals surface area contributed by atoms with E-state index in [-0.39, 0.29) is 0 Å². The van der Waals surface area contributed by atoms with E-state index in [1.807, 2.05) is 11.8 Å². The van der Waals surface area contributed by atoms with Gasteiger partial charge < -0.3 is 5.32 Å². The first-order valence-corrected chi connectivity index (χ1v) is 7.76. The number of hydrogen-bond acceptors (Lipinski definition) is 2. The summed E-state index contributed by atoms with van der Waals surface area (Å²) in [7, 11) is 0. The minimum atomic E-state index is 0.747. The first kappa shape index (κ1) is 11.6. The van der Waals surface area contributed by atoms with Crippen molar-refractivity contribution in [2.75, 3.05) is 18.8 Å². The number of hydrogen-bond donors (Lipinski definition) is 1. The molecule has 2 fully saturated rings. The van der Waals surface area contributed by atoms with Crippen molar-refractivity contribution in [2.24, 2.45) is 11.3 Å². The predicted octanol–water partition coefficient (Wildman–Crippen LogP) is 3.56. The molecular weight excluding hydrogens is 226 g/mol. The maximum Gasteiger partial charge on any atom is 0.0106 e. The van der Waals surface area contributed by atoms with E-state index in [1.54, 1.807) is 0 Å². The fraction of sp³-hybridized carbons (Fsp3) is 0.600. The summed E-state index contributed by atoms with van der Waals surface area (Å²) in [5, 5.41) is 3.66. The van der Waals surface area contributed by atoms with E-state index in [4.69, 9.17) is 0 Å². The average molecular weight is 247 g/mol. The van der Waals surface area contributed by atoms with Crippen molar-refractivity contribution in [3.05, 3.63) is 30.3 Å². The van der Waals surface area contributed by atoms with Gasteiger partial charge in [-0.25, -0.2) is 0 Å². The van der Waals surface area contributed by atoms with E-state index in [9.17, 15) is 0 Å². The molecule has 1 N–H and O–H groups in total. The molecule has 1 aromatic rings. The highest BCUT2D eigenvalue weighted by atomic mass is 32.2. The summed E-state index contributed by atoms with van der Waals surface area (Å²) in [6, 6.07) is 10.7. The summed E-state index contributed by atoms with van der Waals surface area (Å²) in [5.74, 6) is 2.27. The second-order valence-corrected chi connectivity index (χ2v) is 6.64. The van der Waals surface area contributed by atoms with Gasteiger partial charge in [0.25, 0.3) is 0 Å². The molecule has 2 aliphatic carbocycles. The average Bonchev–Trinajstić information content (AvgIpc) is 3.23. The monoisotopic (exact) mass is 247 g/mol. The van der Waals surface area contributed by atoms with E-state index in [0.29, 0.717) is 0 Å². The van der Waals surface area contributed by atoms with Crippen LogP contribution < -0.4 is 5.32 Å². The van der Waals surface area contributed by atoms with Gasteiger partial charge in [0.05, 0.1) is 0 Å². The van der Waals surface area contributed by atoms with Crippen LogP contribution in [0.25, 0.3) is 0 Å². The standard InChI is InChI=1S/C15H21NS/c1-2-4-14(5-3-1)17-11-10-16-12-15(8-9-15)13-6-7-13/h1-5,13,16H,6-12H2. The van der Waals surface area contributed by atoms with E-state index < -0.39 is 0 Å². The van der Waals surface area contributed by atoms with Crippen LogP contribution in [0.1, 0.15) is 25.7 Å². The lowest BCUT2D eigenvalue weighted by atomic mass is 10.0. The molecule has 0 heterocycles. The van der Waals surface area contributed by atoms with Crippen molar-refractivity contribution >= 4 is 11.8 Å². The number of rotatable bonds is 7. The molecule has 1 nitrogen and oxygen atoms in total. The van der Waals surface area contributed by atoms with Crippen LogP contribution in [0, 0.1) is 11.3 Å². The highest BCUT2D eigenvalue weighted by Crippen LogP contribution is 2.60. The van der Waals surface area contributed by atoms with Crippen LogP contribution in [0.3, 0.4) is 0 Å². The lowest BCUT2D eigenvalue weighted by molar-refractivity contribution is 0.410. The predicted molar refractivity (Wildman–Crippen MR) is 74.4 cm³/mol. The lowest BCUT2D eigenvalue weighted by Crippen LogP contribution is -2.27. The molecule has 0 saturated heterocycles. The Labute approximate surface area is 108 Å². The molecule has 92 valence electrons. The molecule has 0 atom stereocenters. The minimum Gasteiger partial charge on any atom is -0.315 e. The topological polar surface area (TPSA) is 12.0 Å². The number of nitrogens with one attached hydrogen (secondary N) is 1. The van der Waals surface area contributed by atoms with E-state index >= 15 is 0 Å². The third kappa shape index (κ3) is 3.05. The minimum absolute atomic E-state index is 0.747. The smallest absolute Gasteiger partial charge is 0.0106 e. The molecule has 0 amide bonds. The van der Waals surface area contributed by atoms with E-state index in [1.165, 1.54) is 42.9 Å². The summed E-state index contributed by atoms with van der Waals surface area (Å²) in [6.07, 6.45) is 5.97. The Morgan fingerprint density at radius 2 is 1.94 bits per heavy atom. The molecule has 0 aromatic heterocycles. The van der Waals surface area contributed by atoms with Crippen LogP contribution in [0.2, 0.25) is 0 Å². The van der Waals surface area contributed by atoms with Crippen LogP contribution in [-0.2, 0) is 0 Å². The molecule has 2 aliphatic rings. The van der Waals surface area contributed by atoms with Gasteiger partial charge in [0, 0.05) is 23.7 Å². The van der Waals surface area contributed by atoms with E-state index in [0.717, 1.165) is 17.9 Å². The Balaban J connectivity index is 1.31. The maximum absolute atomic E-state index is 3.66. The first-order chi connectivity index (χ1) is 8.39. The quantitative estimate of drug-likeness (QED) is 0.584. The summed E-state index contributed by atoms with van der Waals surface area (Å²) in [5.41, 5.74) is 0.747. The molecular formula is C15H21NS. The van der Waals surface area contributed by atoms with Crippen molar-refractivity contribution in [1.82, 2.24) is 5.32 Å². The SMILES string of the molecule is c1ccc(SCCNCC2(C3CC3)CC2)cc1. The molecule has 0 radical (unpaired) electrons. The highest BCUT2D eigenvalue weighted by molar-refractivity contribution is 7.99. The van der Waals surface area contributed by atoms with Gasteiger partial charge >= 0.3 is 0 Å². The van der Waals surface area contributed by atoms with Gasteiger partial charge in [0.15, 0.2) is 0 Å². The number of benzene rings is 1. The van der Waals surface area contributed by atoms with Crippen molar-refractivity contribution in [3.8, 4) is 0 Å². The van der Waals surface area contributed by atoms with E-state index in [2.05, 4.69) is 35.6 Å². The van der Waals surface area contributed by atoms with Gasteiger partial charge in [-0.05, 0) is 49.1 Å². The normalized spacial score (nSPS) is 21.4. The van der Waals surface area contributed by atoms with Gasteiger partial charge in [0.1, 0.15) is 0 Å². The number of thioether (sulfide) groups is 1. The van der Waals surface area contributed by atoms with Crippen LogP contribution in [0.5, 0.6) is 0 Å². The summed E-state index contributed by atoms with van der Waals surface area (Å²) < 4.78 is 0. The van der Waals surface area contributed by atoms with Crippen LogP contribution >= 0.6 is 11.8 Å². The Kier molecular flexibility index (Phi) is 3.44. The zero-order chi connectivity index (χ0) is 11.6. The summed E-state index contributed by atoms with van der Waals surface area (Å²) >= 11 is 1.95. The van der Waals surface area contributed by atoms with Crippen LogP contribution in [0.15, 0.2) is 35.2 Å². The fourth-order valence-corrected chi connectivity index (χ4v) is 3.51. The highest BCUT2D eigenvalue weighted by Gasteiger charge is 2.52. The van der Waals surface area contributed by atoms with Gasteiger partial charge in [0.2, 0.25) is 0 Å². The van der Waals surface area contributed by atoms with Crippen LogP contribution in [0.4, 0.5) is 0 Å². The molecule has 0 aliphatic heterocycles. The zero-order valence-corrected chi connectivity index (χ0v) is 11.1. The molecule has 0 unspecified atom stereocenters. The second kappa shape index (κ2) is 5.03. The third-order valence-electron chi connectivity index (χ3n) is 4.10. The Morgan fingerprint density at radius 1 is 1.18 bits per heavy atom. The molecule has 17 heavy (non-hydrogen) atoms. The van der Waals surface area contributed by atoms with Gasteiger partial charge in [-0.3, -0.25) is 0 Å². The van der Waals surface area contributed by atoms with Crippen molar-refractivity contribution in [1.29, 1.82) is 0 Å². The molecule has 0 spiro atoms. The van der Waals surface area contributed by atoms with Crippen LogP contribution in [-0.4, -0.2) is 18.8 Å². The largest absolute Gasteiger partial charge is 0.315 e. The third-order valence-corrected chi connectivity index (χ3v) is 5.12. The summed E-state index contributed by atoms with van der Waals surface area (Å²) in [6.45, 7) is 2.42. The molecule has 2 heteroatoms. The van der Waals surface area contributed by atoms with Gasteiger partial charge in [-0.2, -0.15) is 0 Å². The lowest BCUT2D eigenvalue weighted by Gasteiger charge is -2.14. The van der Waals surface area contributed by atoms with Gasteiger partial charge in [-0.1, -0.05) is 18.2 Å². The van der Waals surface area contributed by atoms with Crippen molar-refractivity contribution in [3.63, 3.8) is 0 Å². The fourth-order valence-electron chi connectivity index (χ4n) is 2.68. The van der Waals surface area contributed by atoms with Crippen molar-refractivity contribution in [2.45, 2.75) is 30.6 Å². The molecule has 1 aromatic carbocycles. The zero-order valence-electron chi connectivity index (χ0n) is 10.3. The van der Waals surface area contributed by atoms with Crippen molar-refractivity contribution < 1.29 is 0 Å². The van der Waals surface area contributed by atoms with Gasteiger partial charge in [-0.15, -0.1) is 11.8 Å². The molecule has 0 bridgehead atoms. The molecule has 2 saturated carbocycles.